The number of hydrogen-bond donors (Lipinski definition) is 2. The highest BCUT2D eigenvalue weighted by atomic mass is 35.5. The fourth-order valence-electron chi connectivity index (χ4n) is 2.15. The van der Waals surface area contributed by atoms with Crippen LogP contribution in [0.1, 0.15) is 19.8 Å². The first-order valence-electron chi connectivity index (χ1n) is 6.70. The number of carbonyl (C=O) groups is 2. The minimum absolute atomic E-state index is 0.00751. The topological polar surface area (TPSA) is 61.4 Å². The number of rotatable bonds is 4. The van der Waals surface area contributed by atoms with Gasteiger partial charge in [-0.15, -0.1) is 0 Å². The van der Waals surface area contributed by atoms with Crippen LogP contribution in [0, 0.1) is 0 Å². The van der Waals surface area contributed by atoms with E-state index in [2.05, 4.69) is 10.6 Å². The zero-order valence-electron chi connectivity index (χ0n) is 11.4. The normalized spacial score (nSPS) is 18.2. The molecule has 3 amide bonds. The molecule has 1 aliphatic rings. The van der Waals surface area contributed by atoms with Crippen LogP contribution in [-0.4, -0.2) is 31.1 Å². The van der Waals surface area contributed by atoms with E-state index in [1.807, 2.05) is 6.92 Å². The molecule has 1 aromatic carbocycles. The molecule has 6 heteroatoms. The van der Waals surface area contributed by atoms with Crippen LogP contribution in [0.5, 0.6) is 0 Å². The summed E-state index contributed by atoms with van der Waals surface area (Å²) in [5.74, 6) is 0.00751. The van der Waals surface area contributed by atoms with E-state index in [9.17, 15) is 9.59 Å². The van der Waals surface area contributed by atoms with E-state index in [-0.39, 0.29) is 18.0 Å². The first-order chi connectivity index (χ1) is 9.60. The lowest BCUT2D eigenvalue weighted by Crippen LogP contribution is -2.43. The molecule has 0 bridgehead atoms. The van der Waals surface area contributed by atoms with Gasteiger partial charge in [-0.3, -0.25) is 4.79 Å². The van der Waals surface area contributed by atoms with E-state index in [0.717, 1.165) is 12.1 Å². The molecular formula is C14H18ClN3O2. The number of anilines is 1. The average molecular weight is 296 g/mol. The van der Waals surface area contributed by atoms with E-state index in [1.54, 1.807) is 29.2 Å². The van der Waals surface area contributed by atoms with E-state index >= 15 is 0 Å². The molecule has 0 aromatic heterocycles. The minimum Gasteiger partial charge on any atom is -0.338 e. The fourth-order valence-corrected chi connectivity index (χ4v) is 2.28. The molecular weight excluding hydrogens is 278 g/mol. The van der Waals surface area contributed by atoms with Gasteiger partial charge in [0.05, 0.1) is 6.04 Å². The van der Waals surface area contributed by atoms with Gasteiger partial charge in [0, 0.05) is 30.2 Å². The Kier molecular flexibility index (Phi) is 4.84. The van der Waals surface area contributed by atoms with E-state index in [1.165, 1.54) is 0 Å². The van der Waals surface area contributed by atoms with Gasteiger partial charge in [0.1, 0.15) is 0 Å². The smallest absolute Gasteiger partial charge is 0.315 e. The molecule has 2 N–H and O–H groups in total. The van der Waals surface area contributed by atoms with Crippen molar-refractivity contribution in [3.63, 3.8) is 0 Å². The number of amides is 3. The molecule has 1 heterocycles. The van der Waals surface area contributed by atoms with Crippen LogP contribution < -0.4 is 15.5 Å². The highest BCUT2D eigenvalue weighted by Gasteiger charge is 2.31. The summed E-state index contributed by atoms with van der Waals surface area (Å²) in [6.45, 7) is 3.11. The second kappa shape index (κ2) is 6.61. The van der Waals surface area contributed by atoms with Crippen molar-refractivity contribution >= 4 is 29.2 Å². The maximum absolute atomic E-state index is 12.0. The quantitative estimate of drug-likeness (QED) is 0.894. The summed E-state index contributed by atoms with van der Waals surface area (Å²) in [7, 11) is 0. The predicted octanol–water partition coefficient (Wildman–Crippen LogP) is 2.15. The van der Waals surface area contributed by atoms with Gasteiger partial charge in [-0.05, 0) is 30.7 Å². The molecule has 20 heavy (non-hydrogen) atoms. The molecule has 0 spiro atoms. The number of nitrogens with zero attached hydrogens (tertiary/aromatic N) is 1. The number of hydrogen-bond acceptors (Lipinski definition) is 2. The van der Waals surface area contributed by atoms with Crippen LogP contribution in [0.2, 0.25) is 5.02 Å². The molecule has 5 nitrogen and oxygen atoms in total. The Balaban J connectivity index is 1.93. The first kappa shape index (κ1) is 14.7. The Labute approximate surface area is 123 Å². The van der Waals surface area contributed by atoms with Crippen LogP contribution in [0.25, 0.3) is 0 Å². The van der Waals surface area contributed by atoms with Gasteiger partial charge in [0.15, 0.2) is 0 Å². The largest absolute Gasteiger partial charge is 0.338 e. The standard InChI is InChI=1S/C14H18ClN3O2/c1-2-7-16-14(20)17-11-8-13(19)18(9-11)12-5-3-10(15)4-6-12/h3-6,11H,2,7-9H2,1H3,(H2,16,17,20). The fraction of sp³-hybridized carbons (Fsp3) is 0.429. The Morgan fingerprint density at radius 2 is 2.10 bits per heavy atom. The van der Waals surface area contributed by atoms with E-state index in [0.29, 0.717) is 24.5 Å². The van der Waals surface area contributed by atoms with Crippen LogP contribution in [-0.2, 0) is 4.79 Å². The average Bonchev–Trinajstić information content (AvgIpc) is 2.78. The van der Waals surface area contributed by atoms with Gasteiger partial charge >= 0.3 is 6.03 Å². The van der Waals surface area contributed by atoms with Crippen LogP contribution in [0.4, 0.5) is 10.5 Å². The number of benzene rings is 1. The van der Waals surface area contributed by atoms with E-state index in [4.69, 9.17) is 11.6 Å². The molecule has 2 rings (SSSR count). The number of urea groups is 1. The van der Waals surface area contributed by atoms with Gasteiger partial charge < -0.3 is 15.5 Å². The zero-order chi connectivity index (χ0) is 14.5. The van der Waals surface area contributed by atoms with Gasteiger partial charge in [-0.2, -0.15) is 0 Å². The van der Waals surface area contributed by atoms with Gasteiger partial charge in [-0.25, -0.2) is 4.79 Å². The number of halogens is 1. The summed E-state index contributed by atoms with van der Waals surface area (Å²) in [6.07, 6.45) is 1.20. The number of carbonyl (C=O) groups excluding carboxylic acids is 2. The molecule has 1 fully saturated rings. The van der Waals surface area contributed by atoms with Crippen LogP contribution >= 0.6 is 11.6 Å². The third kappa shape index (κ3) is 3.63. The Hall–Kier alpha value is -1.75. The van der Waals surface area contributed by atoms with E-state index < -0.39 is 0 Å². The predicted molar refractivity (Wildman–Crippen MR) is 79.0 cm³/mol. The highest BCUT2D eigenvalue weighted by molar-refractivity contribution is 6.30. The second-order valence-corrected chi connectivity index (χ2v) is 5.22. The molecule has 1 atom stereocenters. The summed E-state index contributed by atoms with van der Waals surface area (Å²) in [5.41, 5.74) is 0.803. The van der Waals surface area contributed by atoms with Crippen LogP contribution in [0.15, 0.2) is 24.3 Å². The third-order valence-electron chi connectivity index (χ3n) is 3.13. The third-order valence-corrected chi connectivity index (χ3v) is 3.39. The Morgan fingerprint density at radius 3 is 2.75 bits per heavy atom. The summed E-state index contributed by atoms with van der Waals surface area (Å²) in [5, 5.41) is 6.19. The highest BCUT2D eigenvalue weighted by Crippen LogP contribution is 2.23. The Morgan fingerprint density at radius 1 is 1.40 bits per heavy atom. The van der Waals surface area contributed by atoms with Gasteiger partial charge in [0.2, 0.25) is 5.91 Å². The molecule has 1 saturated heterocycles. The van der Waals surface area contributed by atoms with Crippen molar-refractivity contribution in [2.45, 2.75) is 25.8 Å². The lowest BCUT2D eigenvalue weighted by atomic mass is 10.2. The lowest BCUT2D eigenvalue weighted by molar-refractivity contribution is -0.117. The van der Waals surface area contributed by atoms with Crippen molar-refractivity contribution in [3.8, 4) is 0 Å². The zero-order valence-corrected chi connectivity index (χ0v) is 12.1. The van der Waals surface area contributed by atoms with Gasteiger partial charge in [0.25, 0.3) is 0 Å². The molecule has 1 aliphatic heterocycles. The molecule has 0 aliphatic carbocycles. The summed E-state index contributed by atoms with van der Waals surface area (Å²) >= 11 is 5.83. The van der Waals surface area contributed by atoms with Crippen molar-refractivity contribution in [1.82, 2.24) is 10.6 Å². The summed E-state index contributed by atoms with van der Waals surface area (Å²) in [6, 6.07) is 6.73. The first-order valence-corrected chi connectivity index (χ1v) is 7.08. The molecule has 1 unspecified atom stereocenters. The maximum atomic E-state index is 12.0. The molecule has 0 saturated carbocycles. The molecule has 1 aromatic rings. The Bertz CT molecular complexity index is 490. The second-order valence-electron chi connectivity index (χ2n) is 4.78. The SMILES string of the molecule is CCCNC(=O)NC1CC(=O)N(c2ccc(Cl)cc2)C1. The van der Waals surface area contributed by atoms with Crippen molar-refractivity contribution in [2.24, 2.45) is 0 Å². The summed E-state index contributed by atoms with van der Waals surface area (Å²) in [4.78, 5) is 25.2. The van der Waals surface area contributed by atoms with Crippen LogP contribution in [0.3, 0.4) is 0 Å². The molecule has 0 radical (unpaired) electrons. The van der Waals surface area contributed by atoms with Crippen molar-refractivity contribution in [3.05, 3.63) is 29.3 Å². The maximum Gasteiger partial charge on any atom is 0.315 e. The van der Waals surface area contributed by atoms with Gasteiger partial charge in [-0.1, -0.05) is 18.5 Å². The summed E-state index contributed by atoms with van der Waals surface area (Å²) < 4.78 is 0. The molecule has 108 valence electrons. The van der Waals surface area contributed by atoms with Crippen molar-refractivity contribution in [2.75, 3.05) is 18.0 Å². The number of nitrogens with one attached hydrogen (secondary N) is 2. The van der Waals surface area contributed by atoms with Crippen molar-refractivity contribution in [1.29, 1.82) is 0 Å². The monoisotopic (exact) mass is 295 g/mol. The van der Waals surface area contributed by atoms with Crippen molar-refractivity contribution < 1.29 is 9.59 Å². The lowest BCUT2D eigenvalue weighted by Gasteiger charge is -2.17. The minimum atomic E-state index is -0.220.